The first-order valence-corrected chi connectivity index (χ1v) is 10.7. The zero-order chi connectivity index (χ0) is 22.3. The number of rotatable bonds is 3. The molecule has 0 unspecified atom stereocenters. The molecule has 31 heavy (non-hydrogen) atoms. The number of hydrogen-bond acceptors (Lipinski definition) is 3. The van der Waals surface area contributed by atoms with Crippen LogP contribution in [0.4, 0.5) is 13.6 Å². The molecule has 0 N–H and O–H groups in total. The molecule has 1 amide bonds. The van der Waals surface area contributed by atoms with Gasteiger partial charge in [-0.2, -0.15) is 5.10 Å². The molecule has 0 fully saturated rings. The molecule has 1 aliphatic heterocycles. The van der Waals surface area contributed by atoms with Crippen LogP contribution in [0.25, 0.3) is 11.3 Å². The van der Waals surface area contributed by atoms with Crippen LogP contribution in [0.2, 0.25) is 0 Å². The van der Waals surface area contributed by atoms with Gasteiger partial charge in [-0.05, 0) is 66.5 Å². The summed E-state index contributed by atoms with van der Waals surface area (Å²) in [6, 6.07) is 11.2. The number of halogens is 3. The molecule has 0 saturated heterocycles. The van der Waals surface area contributed by atoms with Gasteiger partial charge in [0.1, 0.15) is 17.2 Å². The molecule has 0 radical (unpaired) electrons. The van der Waals surface area contributed by atoms with Crippen LogP contribution in [-0.4, -0.2) is 26.4 Å². The molecule has 0 spiro atoms. The Morgan fingerprint density at radius 1 is 1.13 bits per heavy atom. The van der Waals surface area contributed by atoms with Crippen LogP contribution in [0.3, 0.4) is 0 Å². The second-order valence-corrected chi connectivity index (χ2v) is 9.35. The number of amides is 1. The van der Waals surface area contributed by atoms with Crippen LogP contribution in [0.1, 0.15) is 37.6 Å². The second-order valence-electron chi connectivity index (χ2n) is 8.50. The highest BCUT2D eigenvalue weighted by Crippen LogP contribution is 2.35. The van der Waals surface area contributed by atoms with Gasteiger partial charge in [-0.15, -0.1) is 0 Å². The fourth-order valence-electron chi connectivity index (χ4n) is 3.61. The monoisotopic (exact) mass is 489 g/mol. The van der Waals surface area contributed by atoms with Crippen LogP contribution in [0.5, 0.6) is 0 Å². The van der Waals surface area contributed by atoms with E-state index < -0.39 is 11.7 Å². The zero-order valence-electron chi connectivity index (χ0n) is 17.5. The summed E-state index contributed by atoms with van der Waals surface area (Å²) in [6.45, 7) is 6.33. The highest BCUT2D eigenvalue weighted by atomic mass is 79.9. The van der Waals surface area contributed by atoms with Gasteiger partial charge in [0, 0.05) is 11.1 Å². The number of ether oxygens (including phenoxy) is 1. The average Bonchev–Trinajstić information content (AvgIpc) is 3.22. The van der Waals surface area contributed by atoms with E-state index in [9.17, 15) is 13.6 Å². The minimum Gasteiger partial charge on any atom is -0.444 e. The molecule has 162 valence electrons. The largest absolute Gasteiger partial charge is 0.444 e. The highest BCUT2D eigenvalue weighted by molar-refractivity contribution is 9.10. The van der Waals surface area contributed by atoms with Gasteiger partial charge in [-0.3, -0.25) is 9.58 Å². The van der Waals surface area contributed by atoms with Crippen molar-refractivity contribution in [1.29, 1.82) is 0 Å². The van der Waals surface area contributed by atoms with E-state index in [0.29, 0.717) is 28.0 Å². The Kier molecular flexibility index (Phi) is 5.60. The number of nitrogens with zero attached hydrogens (tertiary/aromatic N) is 3. The molecule has 0 saturated carbocycles. The number of carbonyl (C=O) groups excluding carboxylic acids is 1. The van der Waals surface area contributed by atoms with Crippen molar-refractivity contribution in [3.8, 4) is 11.3 Å². The molecule has 1 aromatic heterocycles. The summed E-state index contributed by atoms with van der Waals surface area (Å²) in [7, 11) is 0. The first kappa shape index (κ1) is 21.5. The van der Waals surface area contributed by atoms with E-state index in [1.54, 1.807) is 39.9 Å². The van der Waals surface area contributed by atoms with Crippen molar-refractivity contribution in [1.82, 2.24) is 14.7 Å². The summed E-state index contributed by atoms with van der Waals surface area (Å²) in [4.78, 5) is 14.1. The molecular weight excluding hydrogens is 468 g/mol. The fraction of sp³-hybridized carbons (Fsp3) is 0.304. The fourth-order valence-corrected chi connectivity index (χ4v) is 4.03. The number of aromatic nitrogens is 2. The molecule has 0 aliphatic carbocycles. The van der Waals surface area contributed by atoms with E-state index in [1.807, 2.05) is 20.8 Å². The van der Waals surface area contributed by atoms with Gasteiger partial charge in [-0.1, -0.05) is 18.2 Å². The van der Waals surface area contributed by atoms with Crippen LogP contribution in [0, 0.1) is 11.6 Å². The molecule has 5 nitrogen and oxygen atoms in total. The van der Waals surface area contributed by atoms with Crippen molar-refractivity contribution >= 4 is 22.0 Å². The van der Waals surface area contributed by atoms with Crippen LogP contribution >= 0.6 is 15.9 Å². The van der Waals surface area contributed by atoms with Crippen molar-refractivity contribution in [2.45, 2.75) is 46.0 Å². The summed E-state index contributed by atoms with van der Waals surface area (Å²) in [5, 5.41) is 4.68. The van der Waals surface area contributed by atoms with Gasteiger partial charge in [-0.25, -0.2) is 13.6 Å². The predicted molar refractivity (Wildman–Crippen MR) is 116 cm³/mol. The molecule has 1 aliphatic rings. The number of fused-ring (bicyclic) bond motifs is 1. The maximum atomic E-state index is 14.7. The third kappa shape index (κ3) is 4.49. The number of carbonyl (C=O) groups is 1. The second kappa shape index (κ2) is 8.07. The van der Waals surface area contributed by atoms with Gasteiger partial charge in [0.2, 0.25) is 0 Å². The molecule has 0 atom stereocenters. The normalized spacial score (nSPS) is 13.4. The van der Waals surface area contributed by atoms with E-state index in [1.165, 1.54) is 12.1 Å². The lowest BCUT2D eigenvalue weighted by Gasteiger charge is -2.24. The topological polar surface area (TPSA) is 47.4 Å². The van der Waals surface area contributed by atoms with Crippen molar-refractivity contribution in [3.63, 3.8) is 0 Å². The molecule has 2 heterocycles. The van der Waals surface area contributed by atoms with Crippen LogP contribution < -0.4 is 0 Å². The third-order valence-corrected chi connectivity index (χ3v) is 5.53. The van der Waals surface area contributed by atoms with Crippen molar-refractivity contribution < 1.29 is 18.3 Å². The van der Waals surface area contributed by atoms with Gasteiger partial charge >= 0.3 is 6.09 Å². The van der Waals surface area contributed by atoms with E-state index in [-0.39, 0.29) is 24.7 Å². The standard InChI is InChI=1S/C23H22BrF2N3O2/c1-23(2,3)31-22(30)28-12-16-20(13-28)27-29(11-14-8-9-19(26)17(24)10-14)21(16)15-6-4-5-7-18(15)25/h4-10H,11-13H2,1-3H3. The van der Waals surface area contributed by atoms with E-state index in [4.69, 9.17) is 4.74 Å². The molecule has 2 aromatic carbocycles. The van der Waals surface area contributed by atoms with Gasteiger partial charge in [0.25, 0.3) is 0 Å². The zero-order valence-corrected chi connectivity index (χ0v) is 19.0. The van der Waals surface area contributed by atoms with E-state index >= 15 is 0 Å². The number of hydrogen-bond donors (Lipinski definition) is 0. The van der Waals surface area contributed by atoms with Crippen LogP contribution in [-0.2, 0) is 24.4 Å². The SMILES string of the molecule is CC(C)(C)OC(=O)N1Cc2nn(Cc3ccc(F)c(Br)c3)c(-c3ccccc3F)c2C1. The lowest BCUT2D eigenvalue weighted by Crippen LogP contribution is -2.33. The molecule has 0 bridgehead atoms. The van der Waals surface area contributed by atoms with Crippen molar-refractivity contribution in [2.75, 3.05) is 0 Å². The lowest BCUT2D eigenvalue weighted by atomic mass is 10.1. The minimum absolute atomic E-state index is 0.279. The summed E-state index contributed by atoms with van der Waals surface area (Å²) < 4.78 is 35.9. The Labute approximate surface area is 187 Å². The van der Waals surface area contributed by atoms with Gasteiger partial charge in [0.15, 0.2) is 0 Å². The number of benzene rings is 2. The first-order chi connectivity index (χ1) is 14.6. The lowest BCUT2D eigenvalue weighted by molar-refractivity contribution is 0.0239. The van der Waals surface area contributed by atoms with E-state index in [2.05, 4.69) is 21.0 Å². The summed E-state index contributed by atoms with van der Waals surface area (Å²) in [6.07, 6.45) is -0.431. The average molecular weight is 490 g/mol. The van der Waals surface area contributed by atoms with Gasteiger partial charge < -0.3 is 4.74 Å². The first-order valence-electron chi connectivity index (χ1n) is 9.87. The summed E-state index contributed by atoms with van der Waals surface area (Å²) >= 11 is 3.20. The highest BCUT2D eigenvalue weighted by Gasteiger charge is 2.33. The smallest absolute Gasteiger partial charge is 0.410 e. The Morgan fingerprint density at radius 2 is 1.87 bits per heavy atom. The van der Waals surface area contributed by atoms with Crippen LogP contribution in [0.15, 0.2) is 46.9 Å². The molecule has 8 heteroatoms. The Bertz CT molecular complexity index is 1150. The quantitative estimate of drug-likeness (QED) is 0.460. The van der Waals surface area contributed by atoms with E-state index in [0.717, 1.165) is 11.1 Å². The maximum Gasteiger partial charge on any atom is 0.410 e. The Morgan fingerprint density at radius 3 is 2.55 bits per heavy atom. The maximum absolute atomic E-state index is 14.7. The summed E-state index contributed by atoms with van der Waals surface area (Å²) in [5.74, 6) is -0.725. The molecule has 3 aromatic rings. The summed E-state index contributed by atoms with van der Waals surface area (Å²) in [5.41, 5.74) is 2.71. The van der Waals surface area contributed by atoms with Crippen molar-refractivity contribution in [2.24, 2.45) is 0 Å². The Hall–Kier alpha value is -2.74. The van der Waals surface area contributed by atoms with Gasteiger partial charge in [0.05, 0.1) is 35.5 Å². The third-order valence-electron chi connectivity index (χ3n) is 4.92. The minimum atomic E-state index is -0.610. The molecule has 4 rings (SSSR count). The Balaban J connectivity index is 1.72. The van der Waals surface area contributed by atoms with Crippen molar-refractivity contribution in [3.05, 3.63) is 75.4 Å². The predicted octanol–water partition coefficient (Wildman–Crippen LogP) is 5.89. The molecular formula is C23H22BrF2N3O2.